The molecular formula is C35H46N8O4. The van der Waals surface area contributed by atoms with Gasteiger partial charge in [0.15, 0.2) is 0 Å². The smallest absolute Gasteiger partial charge is 0.253 e. The zero-order chi connectivity index (χ0) is 33.5. The largest absolute Gasteiger partial charge is 0.354 e. The van der Waals surface area contributed by atoms with E-state index in [0.717, 1.165) is 97.5 Å². The van der Waals surface area contributed by atoms with Crippen molar-refractivity contribution in [2.24, 2.45) is 0 Å². The molecule has 1 saturated heterocycles. The maximum atomic E-state index is 13.6. The van der Waals surface area contributed by atoms with Crippen molar-refractivity contribution in [2.45, 2.75) is 72.4 Å². The van der Waals surface area contributed by atoms with E-state index in [1.165, 1.54) is 0 Å². The Labute approximate surface area is 275 Å². The van der Waals surface area contributed by atoms with Gasteiger partial charge < -0.3 is 15.2 Å². The maximum absolute atomic E-state index is 13.6. The number of piperazine rings is 1. The summed E-state index contributed by atoms with van der Waals surface area (Å²) in [6, 6.07) is 10.0. The summed E-state index contributed by atoms with van der Waals surface area (Å²) in [6.07, 6.45) is 7.91. The van der Waals surface area contributed by atoms with E-state index in [4.69, 9.17) is 10.2 Å². The first-order chi connectivity index (χ1) is 22.6. The molecule has 12 nitrogen and oxygen atoms in total. The zero-order valence-corrected chi connectivity index (χ0v) is 27.8. The second kappa shape index (κ2) is 15.4. The average molecular weight is 643 g/mol. The van der Waals surface area contributed by atoms with Gasteiger partial charge in [-0.2, -0.15) is 5.10 Å². The number of carbonyl (C=O) groups is 2. The Balaban J connectivity index is 1.25. The molecule has 4 aromatic rings. The van der Waals surface area contributed by atoms with Crippen LogP contribution in [0, 0.1) is 13.8 Å². The predicted octanol–water partition coefficient (Wildman–Crippen LogP) is 4.49. The standard InChI is InChI=1S/C35H46N8O4/c1-23(2)43-31-19-27(18-28(30(31)22-38-43)34(45)37-21-29-24(3)17-25(4)39-35(29)46)26-10-11-32(36-20-26)42-15-13-41(14-16-42)12-8-6-5-7-9-33(44)40-47/h10-11,17-20,22-23,47H,5-9,12-16,21H2,1-4H3,(H,37,45)(H,39,46)(H,40,44). The van der Waals surface area contributed by atoms with Crippen LogP contribution in [0.3, 0.4) is 0 Å². The molecule has 1 aliphatic heterocycles. The van der Waals surface area contributed by atoms with Gasteiger partial charge in [0.05, 0.1) is 17.3 Å². The normalized spacial score (nSPS) is 13.8. The number of carbonyl (C=O) groups excluding carboxylic acids is 2. The van der Waals surface area contributed by atoms with Gasteiger partial charge in [-0.05, 0) is 88.5 Å². The summed E-state index contributed by atoms with van der Waals surface area (Å²) in [7, 11) is 0. The van der Waals surface area contributed by atoms with Crippen molar-refractivity contribution in [1.82, 2.24) is 35.4 Å². The van der Waals surface area contributed by atoms with Crippen LogP contribution in [0.5, 0.6) is 0 Å². The quantitative estimate of drug-likeness (QED) is 0.0947. The number of rotatable bonds is 13. The molecule has 0 radical (unpaired) electrons. The third-order valence-electron chi connectivity index (χ3n) is 8.90. The minimum atomic E-state index is -0.320. The molecule has 47 heavy (non-hydrogen) atoms. The number of amides is 2. The highest BCUT2D eigenvalue weighted by Crippen LogP contribution is 2.30. The molecule has 1 aromatic carbocycles. The molecule has 12 heteroatoms. The van der Waals surface area contributed by atoms with Crippen LogP contribution in [-0.4, -0.2) is 74.4 Å². The van der Waals surface area contributed by atoms with E-state index in [9.17, 15) is 14.4 Å². The van der Waals surface area contributed by atoms with Crippen molar-refractivity contribution in [3.8, 4) is 11.1 Å². The lowest BCUT2D eigenvalue weighted by atomic mass is 10.0. The monoisotopic (exact) mass is 642 g/mol. The van der Waals surface area contributed by atoms with Crippen molar-refractivity contribution in [3.63, 3.8) is 0 Å². The van der Waals surface area contributed by atoms with E-state index >= 15 is 0 Å². The third-order valence-corrected chi connectivity index (χ3v) is 8.90. The number of benzene rings is 1. The molecule has 3 aromatic heterocycles. The van der Waals surface area contributed by atoms with E-state index in [0.29, 0.717) is 17.5 Å². The molecule has 0 aliphatic carbocycles. The Morgan fingerprint density at radius 2 is 1.74 bits per heavy atom. The molecule has 250 valence electrons. The van der Waals surface area contributed by atoms with Crippen molar-refractivity contribution in [3.05, 3.63) is 75.5 Å². The highest BCUT2D eigenvalue weighted by Gasteiger charge is 2.20. The molecule has 0 spiro atoms. The molecule has 0 atom stereocenters. The number of anilines is 1. The van der Waals surface area contributed by atoms with Gasteiger partial charge >= 0.3 is 0 Å². The molecular weight excluding hydrogens is 596 g/mol. The molecule has 0 unspecified atom stereocenters. The fraction of sp³-hybridized carbons (Fsp3) is 0.457. The van der Waals surface area contributed by atoms with Gasteiger partial charge in [-0.1, -0.05) is 12.8 Å². The second-order valence-electron chi connectivity index (χ2n) is 12.7. The van der Waals surface area contributed by atoms with Crippen molar-refractivity contribution < 1.29 is 14.8 Å². The summed E-state index contributed by atoms with van der Waals surface area (Å²) in [6.45, 7) is 12.7. The molecule has 5 rings (SSSR count). The fourth-order valence-electron chi connectivity index (χ4n) is 6.25. The number of fused-ring (bicyclic) bond motifs is 1. The minimum absolute atomic E-state index is 0.103. The minimum Gasteiger partial charge on any atom is -0.354 e. The van der Waals surface area contributed by atoms with Crippen LogP contribution in [-0.2, 0) is 11.3 Å². The Kier molecular flexibility index (Phi) is 11.0. The molecule has 0 bridgehead atoms. The Morgan fingerprint density at radius 1 is 0.979 bits per heavy atom. The summed E-state index contributed by atoms with van der Waals surface area (Å²) >= 11 is 0. The second-order valence-corrected chi connectivity index (χ2v) is 12.7. The molecule has 0 saturated carbocycles. The molecule has 2 amide bonds. The van der Waals surface area contributed by atoms with E-state index in [-0.39, 0.29) is 30.0 Å². The number of unbranched alkanes of at least 4 members (excludes halogenated alkanes) is 3. The highest BCUT2D eigenvalue weighted by atomic mass is 16.5. The van der Waals surface area contributed by atoms with Gasteiger partial charge in [0, 0.05) is 73.6 Å². The summed E-state index contributed by atoms with van der Waals surface area (Å²) in [4.78, 5) is 49.7. The molecule has 4 N–H and O–H groups in total. The molecule has 1 aliphatic rings. The van der Waals surface area contributed by atoms with Crippen LogP contribution in [0.15, 0.2) is 47.5 Å². The lowest BCUT2D eigenvalue weighted by molar-refractivity contribution is -0.129. The number of hydrogen-bond donors (Lipinski definition) is 4. The number of hydroxylamine groups is 1. The predicted molar refractivity (Wildman–Crippen MR) is 183 cm³/mol. The number of aromatic nitrogens is 4. The summed E-state index contributed by atoms with van der Waals surface area (Å²) in [5, 5.41) is 16.9. The van der Waals surface area contributed by atoms with Crippen LogP contribution < -0.4 is 21.3 Å². The van der Waals surface area contributed by atoms with Gasteiger partial charge in [0.25, 0.3) is 11.5 Å². The topological polar surface area (TPSA) is 148 Å². The number of aryl methyl sites for hydroxylation is 2. The molecule has 4 heterocycles. The lowest BCUT2D eigenvalue weighted by Crippen LogP contribution is -2.46. The van der Waals surface area contributed by atoms with Crippen LogP contribution >= 0.6 is 0 Å². The van der Waals surface area contributed by atoms with Crippen LogP contribution in [0.25, 0.3) is 22.0 Å². The average Bonchev–Trinajstić information content (AvgIpc) is 3.50. The number of nitrogens with one attached hydrogen (secondary N) is 3. The van der Waals surface area contributed by atoms with Crippen molar-refractivity contribution in [2.75, 3.05) is 37.6 Å². The van der Waals surface area contributed by atoms with Gasteiger partial charge in [0.1, 0.15) is 5.82 Å². The number of nitrogens with zero attached hydrogens (tertiary/aromatic N) is 5. The van der Waals surface area contributed by atoms with Gasteiger partial charge in [0.2, 0.25) is 5.91 Å². The highest BCUT2D eigenvalue weighted by molar-refractivity contribution is 6.08. The number of pyridine rings is 2. The summed E-state index contributed by atoms with van der Waals surface area (Å²) < 4.78 is 1.92. The van der Waals surface area contributed by atoms with Gasteiger partial charge in [-0.25, -0.2) is 10.5 Å². The summed E-state index contributed by atoms with van der Waals surface area (Å²) in [5.41, 5.74) is 6.79. The number of aromatic amines is 1. The summed E-state index contributed by atoms with van der Waals surface area (Å²) in [5.74, 6) is 0.343. The van der Waals surface area contributed by atoms with Crippen molar-refractivity contribution >= 4 is 28.5 Å². The van der Waals surface area contributed by atoms with E-state index in [1.807, 2.05) is 42.9 Å². The Bertz CT molecular complexity index is 1750. The lowest BCUT2D eigenvalue weighted by Gasteiger charge is -2.35. The SMILES string of the molecule is Cc1cc(C)c(CNC(=O)c2cc(-c3ccc(N4CCN(CCCCCCC(=O)NO)CC4)nc3)cc3c2cnn3C(C)C)c(=O)[nH]1. The Morgan fingerprint density at radius 3 is 2.43 bits per heavy atom. The first-order valence-corrected chi connectivity index (χ1v) is 16.5. The van der Waals surface area contributed by atoms with E-state index in [2.05, 4.69) is 51.2 Å². The maximum Gasteiger partial charge on any atom is 0.253 e. The van der Waals surface area contributed by atoms with E-state index in [1.54, 1.807) is 11.7 Å². The van der Waals surface area contributed by atoms with Crippen molar-refractivity contribution in [1.29, 1.82) is 0 Å². The first-order valence-electron chi connectivity index (χ1n) is 16.5. The van der Waals surface area contributed by atoms with Crippen LogP contribution in [0.4, 0.5) is 5.82 Å². The van der Waals surface area contributed by atoms with Crippen LogP contribution in [0.2, 0.25) is 0 Å². The van der Waals surface area contributed by atoms with Gasteiger partial charge in [-0.15, -0.1) is 0 Å². The van der Waals surface area contributed by atoms with Crippen LogP contribution in [0.1, 0.15) is 79.2 Å². The Hall–Kier alpha value is -4.55. The zero-order valence-electron chi connectivity index (χ0n) is 27.8. The number of hydrogen-bond acceptors (Lipinski definition) is 8. The first kappa shape index (κ1) is 33.8. The fourth-order valence-corrected chi connectivity index (χ4v) is 6.25. The van der Waals surface area contributed by atoms with E-state index < -0.39 is 0 Å². The number of H-pyrrole nitrogens is 1. The molecule has 1 fully saturated rings. The third kappa shape index (κ3) is 8.25. The van der Waals surface area contributed by atoms with Gasteiger partial charge in [-0.3, -0.25) is 29.2 Å².